The van der Waals surface area contributed by atoms with E-state index in [0.29, 0.717) is 72.2 Å². The van der Waals surface area contributed by atoms with Crippen LogP contribution < -0.4 is 10.5 Å². The molecule has 6 rings (SSSR count). The van der Waals surface area contributed by atoms with Crippen molar-refractivity contribution in [2.75, 3.05) is 32.7 Å². The molecule has 0 saturated heterocycles. The molecule has 1 aliphatic carbocycles. The van der Waals surface area contributed by atoms with Crippen LogP contribution in [-0.2, 0) is 28.5 Å². The summed E-state index contributed by atoms with van der Waals surface area (Å²) in [5.74, 6) is 2.07. The van der Waals surface area contributed by atoms with E-state index in [4.69, 9.17) is 29.4 Å². The highest BCUT2D eigenvalue weighted by molar-refractivity contribution is 6.05. The van der Waals surface area contributed by atoms with Crippen molar-refractivity contribution < 1.29 is 48.0 Å². The quantitative estimate of drug-likeness (QED) is 0.0159. The van der Waals surface area contributed by atoms with E-state index in [2.05, 4.69) is 68.4 Å². The summed E-state index contributed by atoms with van der Waals surface area (Å²) in [6.07, 6.45) is 19.8. The fraction of sp³-hybridized carbons (Fsp3) is 0.473. The number of nitrogen functional groups attached to an aromatic ring is 1. The van der Waals surface area contributed by atoms with Crippen LogP contribution in [0.1, 0.15) is 196 Å². The van der Waals surface area contributed by atoms with E-state index >= 15 is 0 Å². The number of phenolic OH excluding ortho intramolecular Hbond substituents is 1. The van der Waals surface area contributed by atoms with Crippen molar-refractivity contribution in [2.24, 2.45) is 35.5 Å². The van der Waals surface area contributed by atoms with Gasteiger partial charge in [-0.05, 0) is 127 Å². The van der Waals surface area contributed by atoms with Crippen LogP contribution in [0.25, 0.3) is 11.6 Å². The maximum absolute atomic E-state index is 12.8. The number of rotatable bonds is 28. The average Bonchev–Trinajstić information content (AvgIpc) is 3.23. The number of carbonyl (C=O) groups is 4. The number of anilines is 1. The second-order valence-electron chi connectivity index (χ2n) is 22.7. The van der Waals surface area contributed by atoms with Gasteiger partial charge in [-0.25, -0.2) is 19.2 Å². The predicted molar refractivity (Wildman–Crippen MR) is 348 cm³/mol. The molecule has 0 radical (unpaired) electrons. The van der Waals surface area contributed by atoms with Crippen LogP contribution in [0.15, 0.2) is 145 Å². The molecule has 0 aliphatic heterocycles. The molecule has 5 aromatic rings. The van der Waals surface area contributed by atoms with E-state index in [1.54, 1.807) is 43.5 Å². The number of hydrogen-bond donors (Lipinski definition) is 2. The maximum atomic E-state index is 12.8. The van der Waals surface area contributed by atoms with E-state index in [0.717, 1.165) is 99.5 Å². The Morgan fingerprint density at radius 2 is 1.12 bits per heavy atom. The molecule has 1 aliphatic rings. The second kappa shape index (κ2) is 42.2. The number of nitriles is 1. The molecule has 0 bridgehead atoms. The van der Waals surface area contributed by atoms with Gasteiger partial charge in [0.05, 0.1) is 32.5 Å². The van der Waals surface area contributed by atoms with Gasteiger partial charge in [0, 0.05) is 17.3 Å². The zero-order chi connectivity index (χ0) is 63.1. The lowest BCUT2D eigenvalue weighted by Gasteiger charge is -2.36. The lowest BCUT2D eigenvalue weighted by molar-refractivity contribution is -0.140. The third kappa shape index (κ3) is 26.7. The molecule has 3 unspecified atom stereocenters. The van der Waals surface area contributed by atoms with Gasteiger partial charge < -0.3 is 34.5 Å². The number of nitrogens with zero attached hydrogens (tertiary/aromatic N) is 1. The molecule has 0 amide bonds. The number of carbonyl (C=O) groups excluding carboxylic acids is 4. The van der Waals surface area contributed by atoms with E-state index in [1.165, 1.54) is 31.4 Å². The van der Waals surface area contributed by atoms with E-state index in [9.17, 15) is 29.5 Å². The minimum Gasteiger partial charge on any atom is -0.507 e. The van der Waals surface area contributed by atoms with Crippen molar-refractivity contribution in [1.82, 2.24) is 0 Å². The van der Waals surface area contributed by atoms with Gasteiger partial charge in [0.25, 0.3) is 0 Å². The number of benzene rings is 5. The monoisotopic (exact) mass is 1180 g/mol. The highest BCUT2D eigenvalue weighted by atomic mass is 16.5. The number of phenols is 1. The van der Waals surface area contributed by atoms with E-state index < -0.39 is 11.9 Å². The molecule has 6 atom stereocenters. The van der Waals surface area contributed by atoms with Gasteiger partial charge in [0.15, 0.2) is 0 Å². The molecule has 12 heteroatoms. The van der Waals surface area contributed by atoms with Crippen molar-refractivity contribution in [3.8, 4) is 17.6 Å². The van der Waals surface area contributed by atoms with Crippen LogP contribution in [0.5, 0.6) is 11.5 Å². The first kappa shape index (κ1) is 72.6. The van der Waals surface area contributed by atoms with Gasteiger partial charge in [-0.15, -0.1) is 0 Å². The van der Waals surface area contributed by atoms with Crippen LogP contribution in [0.2, 0.25) is 0 Å². The highest BCUT2D eigenvalue weighted by Crippen LogP contribution is 2.36. The number of aromatic hydroxyl groups is 1. The zero-order valence-electron chi connectivity index (χ0n) is 53.3. The summed E-state index contributed by atoms with van der Waals surface area (Å²) in [4.78, 5) is 48.5. The third-order valence-corrected chi connectivity index (χ3v) is 15.7. The standard InChI is InChI=1S/C24H27NO2.C18H26O3.C17H25NO2.C15H22O3/c1-3-5-12-19(4-2)18-27-24(26)22(17-25)23(20-13-8-6-9-14-20)21-15-10-7-11-16-21;1-4-6-7-15(5-2)14-21-18(19)13-10-16-8-11-17(20-3)12-9-16;1-11(2)13-9-8-12(3)10-16(13)20-17(19)14-6-4-5-7-15(14)18;1-3-5-8-12(4-2)11-18-15(17)13-9-6-7-10-14(13)16/h6-11,13-16,19H,3-5,12,18H2,1-2H3;8-13,15H,4-7,14H2,1-3H3;4-7,11-13,16H,8-10,18H2,1-3H3;6-7,9-10,12,16H,3-5,8,11H2,1-2H3/b;13-10+;;/t;;12-,13+,16-;/m..1./s1. The number of nitrogens with two attached hydrogens (primary N) is 1. The minimum atomic E-state index is -0.546. The minimum absolute atomic E-state index is 0.0193. The van der Waals surface area contributed by atoms with Gasteiger partial charge in [0.1, 0.15) is 34.8 Å². The third-order valence-electron chi connectivity index (χ3n) is 15.7. The maximum Gasteiger partial charge on any atom is 0.349 e. The normalized spacial score (nSPS) is 15.3. The summed E-state index contributed by atoms with van der Waals surface area (Å²) in [7, 11) is 1.63. The Kier molecular flexibility index (Phi) is 35.6. The lowest BCUT2D eigenvalue weighted by Crippen LogP contribution is -2.36. The Balaban J connectivity index is 0.000000304. The molecule has 86 heavy (non-hydrogen) atoms. The molecular weight excluding hydrogens is 1080 g/mol. The summed E-state index contributed by atoms with van der Waals surface area (Å²) in [6, 6.07) is 42.2. The summed E-state index contributed by atoms with van der Waals surface area (Å²) in [6.45, 7) is 20.8. The van der Waals surface area contributed by atoms with Crippen LogP contribution in [-0.4, -0.2) is 62.0 Å². The van der Waals surface area contributed by atoms with Gasteiger partial charge in [-0.3, -0.25) is 0 Å². The van der Waals surface area contributed by atoms with Crippen LogP contribution in [0.3, 0.4) is 0 Å². The highest BCUT2D eigenvalue weighted by Gasteiger charge is 2.34. The van der Waals surface area contributed by atoms with Crippen molar-refractivity contribution in [3.63, 3.8) is 0 Å². The van der Waals surface area contributed by atoms with E-state index in [1.807, 2.05) is 97.1 Å². The predicted octanol–water partition coefficient (Wildman–Crippen LogP) is 17.9. The number of unbranched alkanes of at least 4 members (excludes halogenated alkanes) is 3. The van der Waals surface area contributed by atoms with Crippen LogP contribution in [0.4, 0.5) is 5.69 Å². The van der Waals surface area contributed by atoms with Crippen molar-refractivity contribution in [3.05, 3.63) is 173 Å². The van der Waals surface area contributed by atoms with Crippen molar-refractivity contribution in [2.45, 2.75) is 165 Å². The molecule has 3 N–H and O–H groups in total. The Morgan fingerprint density at radius 1 is 0.628 bits per heavy atom. The summed E-state index contributed by atoms with van der Waals surface area (Å²) in [5, 5.41) is 19.3. The molecule has 1 saturated carbocycles. The summed E-state index contributed by atoms with van der Waals surface area (Å²) < 4.78 is 27.0. The molecule has 0 aromatic heterocycles. The van der Waals surface area contributed by atoms with Gasteiger partial charge in [0.2, 0.25) is 0 Å². The zero-order valence-corrected chi connectivity index (χ0v) is 53.3. The van der Waals surface area contributed by atoms with E-state index in [-0.39, 0.29) is 34.9 Å². The number of esters is 4. The summed E-state index contributed by atoms with van der Waals surface area (Å²) >= 11 is 0. The second-order valence-corrected chi connectivity index (χ2v) is 22.7. The summed E-state index contributed by atoms with van der Waals surface area (Å²) in [5.41, 5.74) is 10.3. The van der Waals surface area contributed by atoms with Crippen LogP contribution in [0, 0.1) is 46.8 Å². The molecular formula is C74H100N2O10. The Labute approximate surface area is 515 Å². The number of para-hydroxylation sites is 2. The van der Waals surface area contributed by atoms with Gasteiger partial charge in [-0.1, -0.05) is 224 Å². The largest absolute Gasteiger partial charge is 0.507 e. The Hall–Kier alpha value is -7.65. The fourth-order valence-corrected chi connectivity index (χ4v) is 10.0. The van der Waals surface area contributed by atoms with Crippen molar-refractivity contribution >= 4 is 41.2 Å². The SMILES string of the molecule is CC(C)[C@@H]1CC[C@@H](C)C[C@H]1OC(=O)c1ccccc1N.CCCCC(CC)COC(=O)/C=C/c1ccc(OC)cc1.CCCCC(CC)COC(=O)C(C#N)=C(c1ccccc1)c1ccccc1.CCCCC(CC)COC(=O)c1ccccc1O. The van der Waals surface area contributed by atoms with Gasteiger partial charge in [-0.2, -0.15) is 5.26 Å². The smallest absolute Gasteiger partial charge is 0.349 e. The number of ether oxygens (including phenoxy) is 5. The first-order valence-electron chi connectivity index (χ1n) is 31.5. The Bertz CT molecular complexity index is 2780. The lowest BCUT2D eigenvalue weighted by atomic mass is 9.75. The fourth-order valence-electron chi connectivity index (χ4n) is 10.0. The van der Waals surface area contributed by atoms with Gasteiger partial charge >= 0.3 is 23.9 Å². The average molecular weight is 1180 g/mol. The number of methoxy groups -OCH3 is 1. The first-order valence-corrected chi connectivity index (χ1v) is 31.5. The first-order chi connectivity index (χ1) is 41.6. The Morgan fingerprint density at radius 3 is 1.59 bits per heavy atom. The molecule has 1 fully saturated rings. The molecule has 466 valence electrons. The molecule has 0 heterocycles. The number of hydrogen-bond acceptors (Lipinski definition) is 12. The molecule has 5 aromatic carbocycles. The molecule has 12 nitrogen and oxygen atoms in total. The van der Waals surface area contributed by atoms with Crippen molar-refractivity contribution in [1.29, 1.82) is 5.26 Å². The topological polar surface area (TPSA) is 184 Å². The van der Waals surface area contributed by atoms with Crippen LogP contribution >= 0.6 is 0 Å². The molecule has 0 spiro atoms.